The van der Waals surface area contributed by atoms with E-state index in [1.165, 1.54) is 0 Å². The molecular weight excluding hydrogens is 216 g/mol. The minimum absolute atomic E-state index is 0.159. The molecule has 0 saturated carbocycles. The van der Waals surface area contributed by atoms with Crippen LogP contribution in [0.2, 0.25) is 0 Å². The van der Waals surface area contributed by atoms with Crippen molar-refractivity contribution < 1.29 is 4.74 Å². The van der Waals surface area contributed by atoms with E-state index in [2.05, 4.69) is 15.0 Å². The highest BCUT2D eigenvalue weighted by Crippen LogP contribution is 2.27. The van der Waals surface area contributed by atoms with Gasteiger partial charge in [0.25, 0.3) is 0 Å². The summed E-state index contributed by atoms with van der Waals surface area (Å²) in [7, 11) is 1.65. The number of hydrogen-bond donors (Lipinski definition) is 1. The first-order valence-corrected chi connectivity index (χ1v) is 5.80. The second kappa shape index (κ2) is 4.56. The van der Waals surface area contributed by atoms with Gasteiger partial charge in [0.2, 0.25) is 5.95 Å². The highest BCUT2D eigenvalue weighted by molar-refractivity contribution is 5.21. The number of methoxy groups -OCH3 is 1. The summed E-state index contributed by atoms with van der Waals surface area (Å²) in [5, 5.41) is 0. The third-order valence-corrected chi connectivity index (χ3v) is 2.92. The van der Waals surface area contributed by atoms with Crippen LogP contribution in [0.4, 0.5) is 5.95 Å². The maximum atomic E-state index is 5.74. The molecule has 0 radical (unpaired) electrons. The number of rotatable bonds is 3. The van der Waals surface area contributed by atoms with Crippen LogP contribution in [0.5, 0.6) is 0 Å². The van der Waals surface area contributed by atoms with Gasteiger partial charge >= 0.3 is 0 Å². The number of aromatic nitrogens is 3. The van der Waals surface area contributed by atoms with E-state index in [1.54, 1.807) is 7.11 Å². The fraction of sp³-hybridized carbons (Fsp3) is 0.750. The molecule has 0 aliphatic carbocycles. The highest BCUT2D eigenvalue weighted by atomic mass is 16.5. The molecule has 0 spiro atoms. The molecule has 1 heterocycles. The molecule has 1 rings (SSSR count). The lowest BCUT2D eigenvalue weighted by atomic mass is 9.95. The van der Waals surface area contributed by atoms with E-state index in [0.717, 1.165) is 6.42 Å². The van der Waals surface area contributed by atoms with Gasteiger partial charge in [0.05, 0.1) is 0 Å². The first-order chi connectivity index (χ1) is 7.73. The van der Waals surface area contributed by atoms with Crippen molar-refractivity contribution in [1.29, 1.82) is 0 Å². The first-order valence-electron chi connectivity index (χ1n) is 5.80. The van der Waals surface area contributed by atoms with Gasteiger partial charge in [-0.1, -0.05) is 27.7 Å². The van der Waals surface area contributed by atoms with Crippen LogP contribution in [0, 0.1) is 0 Å². The zero-order valence-corrected chi connectivity index (χ0v) is 11.5. The van der Waals surface area contributed by atoms with Crippen molar-refractivity contribution in [2.75, 3.05) is 12.8 Å². The Morgan fingerprint density at radius 1 is 1.06 bits per heavy atom. The molecule has 0 fully saturated rings. The number of nitrogen functional groups attached to an aromatic ring is 1. The van der Waals surface area contributed by atoms with Crippen molar-refractivity contribution >= 4 is 5.95 Å². The smallest absolute Gasteiger partial charge is 0.223 e. The molecule has 0 saturated heterocycles. The lowest BCUT2D eigenvalue weighted by Crippen LogP contribution is -2.29. The fourth-order valence-corrected chi connectivity index (χ4v) is 1.36. The van der Waals surface area contributed by atoms with E-state index in [9.17, 15) is 0 Å². The van der Waals surface area contributed by atoms with Gasteiger partial charge in [-0.2, -0.15) is 9.97 Å². The van der Waals surface area contributed by atoms with Gasteiger partial charge in [0.1, 0.15) is 11.4 Å². The normalized spacial score (nSPS) is 15.6. The van der Waals surface area contributed by atoms with E-state index in [4.69, 9.17) is 10.5 Å². The number of anilines is 1. The van der Waals surface area contributed by atoms with E-state index in [0.29, 0.717) is 11.6 Å². The summed E-state index contributed by atoms with van der Waals surface area (Å²) in [6.45, 7) is 10.1. The van der Waals surface area contributed by atoms with Crippen molar-refractivity contribution in [1.82, 2.24) is 15.0 Å². The molecule has 1 unspecified atom stereocenters. The van der Waals surface area contributed by atoms with Crippen LogP contribution in [-0.2, 0) is 15.8 Å². The lowest BCUT2D eigenvalue weighted by molar-refractivity contribution is -0.00937. The topological polar surface area (TPSA) is 73.9 Å². The first kappa shape index (κ1) is 13.8. The summed E-state index contributed by atoms with van der Waals surface area (Å²) in [5.41, 5.74) is 5.07. The molecule has 5 nitrogen and oxygen atoms in total. The Morgan fingerprint density at radius 3 is 2.00 bits per heavy atom. The number of ether oxygens (including phenoxy) is 1. The minimum atomic E-state index is -0.517. The molecule has 0 aliphatic rings. The average Bonchev–Trinajstić information content (AvgIpc) is 2.26. The summed E-state index contributed by atoms with van der Waals surface area (Å²) in [4.78, 5) is 12.9. The van der Waals surface area contributed by atoms with Gasteiger partial charge in [-0.15, -0.1) is 0 Å². The molecule has 5 heteroatoms. The molecule has 96 valence electrons. The fourth-order valence-electron chi connectivity index (χ4n) is 1.36. The molecule has 0 bridgehead atoms. The van der Waals surface area contributed by atoms with Gasteiger partial charge in [0.15, 0.2) is 5.82 Å². The molecule has 17 heavy (non-hydrogen) atoms. The van der Waals surface area contributed by atoms with Gasteiger partial charge in [-0.25, -0.2) is 4.98 Å². The average molecular weight is 238 g/mol. The Bertz CT molecular complexity index is 394. The Balaban J connectivity index is 3.32. The monoisotopic (exact) mass is 238 g/mol. The van der Waals surface area contributed by atoms with E-state index in [1.807, 2.05) is 34.6 Å². The van der Waals surface area contributed by atoms with Gasteiger partial charge in [-0.05, 0) is 13.3 Å². The molecule has 2 N–H and O–H groups in total. The summed E-state index contributed by atoms with van der Waals surface area (Å²) >= 11 is 0. The van der Waals surface area contributed by atoms with Crippen LogP contribution in [-0.4, -0.2) is 22.1 Å². The maximum absolute atomic E-state index is 5.74. The molecule has 0 aliphatic heterocycles. The van der Waals surface area contributed by atoms with E-state index >= 15 is 0 Å². The molecule has 1 aromatic rings. The van der Waals surface area contributed by atoms with Gasteiger partial charge in [-0.3, -0.25) is 0 Å². The van der Waals surface area contributed by atoms with Crippen LogP contribution >= 0.6 is 0 Å². The zero-order chi connectivity index (χ0) is 13.3. The summed E-state index contributed by atoms with van der Waals surface area (Å²) in [6, 6.07) is 0. The largest absolute Gasteiger partial charge is 0.371 e. The summed E-state index contributed by atoms with van der Waals surface area (Å²) < 4.78 is 5.49. The highest BCUT2D eigenvalue weighted by Gasteiger charge is 2.30. The third kappa shape index (κ3) is 2.91. The van der Waals surface area contributed by atoms with Crippen molar-refractivity contribution in [2.45, 2.75) is 52.1 Å². The number of hydrogen-bond acceptors (Lipinski definition) is 5. The lowest BCUT2D eigenvalue weighted by Gasteiger charge is -2.26. The minimum Gasteiger partial charge on any atom is -0.371 e. The zero-order valence-electron chi connectivity index (χ0n) is 11.5. The van der Waals surface area contributed by atoms with Crippen molar-refractivity contribution in [2.24, 2.45) is 0 Å². The van der Waals surface area contributed by atoms with Crippen LogP contribution in [0.1, 0.15) is 52.7 Å². The SMILES string of the molecule is CCC(C)(OC)c1nc(N)nc(C(C)(C)C)n1. The number of nitrogens with zero attached hydrogens (tertiary/aromatic N) is 3. The molecule has 1 aromatic heterocycles. The van der Waals surface area contributed by atoms with E-state index < -0.39 is 5.60 Å². The Morgan fingerprint density at radius 2 is 1.59 bits per heavy atom. The molecule has 1 atom stereocenters. The van der Waals surface area contributed by atoms with Gasteiger partial charge < -0.3 is 10.5 Å². The summed E-state index contributed by atoms with van der Waals surface area (Å²) in [6.07, 6.45) is 0.774. The van der Waals surface area contributed by atoms with Crippen LogP contribution in [0.15, 0.2) is 0 Å². The molecule has 0 aromatic carbocycles. The van der Waals surface area contributed by atoms with E-state index in [-0.39, 0.29) is 11.4 Å². The second-order valence-corrected chi connectivity index (χ2v) is 5.38. The van der Waals surface area contributed by atoms with Crippen molar-refractivity contribution in [3.05, 3.63) is 11.6 Å². The second-order valence-electron chi connectivity index (χ2n) is 5.38. The molecular formula is C12H22N4O. The predicted molar refractivity (Wildman–Crippen MR) is 67.6 cm³/mol. The third-order valence-electron chi connectivity index (χ3n) is 2.92. The Kier molecular flexibility index (Phi) is 3.71. The summed E-state index contributed by atoms with van der Waals surface area (Å²) in [5.74, 6) is 1.54. The maximum Gasteiger partial charge on any atom is 0.223 e. The number of nitrogens with two attached hydrogens (primary N) is 1. The van der Waals surface area contributed by atoms with Crippen molar-refractivity contribution in [3.8, 4) is 0 Å². The quantitative estimate of drug-likeness (QED) is 0.872. The predicted octanol–water partition coefficient (Wildman–Crippen LogP) is 2.02. The standard InChI is InChI=1S/C12H22N4O/c1-7-12(5,17-6)9-14-8(11(2,3)4)15-10(13)16-9/h7H2,1-6H3,(H2,13,14,15,16). The Hall–Kier alpha value is -1.23. The van der Waals surface area contributed by atoms with Gasteiger partial charge in [0, 0.05) is 12.5 Å². The Labute approximate surface area is 103 Å². The van der Waals surface area contributed by atoms with Crippen LogP contribution in [0.25, 0.3) is 0 Å². The van der Waals surface area contributed by atoms with Crippen LogP contribution in [0.3, 0.4) is 0 Å². The molecule has 0 amide bonds. The van der Waals surface area contributed by atoms with Crippen LogP contribution < -0.4 is 5.73 Å². The van der Waals surface area contributed by atoms with Crippen molar-refractivity contribution in [3.63, 3.8) is 0 Å².